The Morgan fingerprint density at radius 2 is 0.324 bits per heavy atom. The Labute approximate surface area is 218 Å². The molecule has 0 aromatic heterocycles. The molecule has 0 saturated heterocycles. The Hall–Kier alpha value is 0. The van der Waals surface area contributed by atoms with Crippen LogP contribution in [0.4, 0.5) is 0 Å². The van der Waals surface area contributed by atoms with E-state index in [4.69, 9.17) is 0 Å². The van der Waals surface area contributed by atoms with Gasteiger partial charge in [-0.2, -0.15) is 0 Å². The zero-order valence-corrected chi connectivity index (χ0v) is 25.0. The molecular formula is C34H68. The van der Waals surface area contributed by atoms with E-state index in [0.29, 0.717) is 0 Å². The summed E-state index contributed by atoms with van der Waals surface area (Å²) in [6, 6.07) is 0. The molecule has 6 fully saturated rings. The molecule has 0 radical (unpaired) electrons. The highest BCUT2D eigenvalue weighted by molar-refractivity contribution is 4.64. The summed E-state index contributed by atoms with van der Waals surface area (Å²) in [5.41, 5.74) is 0. The minimum absolute atomic E-state index is 1.05. The van der Waals surface area contributed by atoms with Crippen molar-refractivity contribution in [1.29, 1.82) is 0 Å². The molecule has 0 N–H and O–H groups in total. The van der Waals surface area contributed by atoms with Gasteiger partial charge in [0.1, 0.15) is 0 Å². The van der Waals surface area contributed by atoms with Gasteiger partial charge < -0.3 is 0 Å². The highest BCUT2D eigenvalue weighted by Crippen LogP contribution is 2.26. The quantitative estimate of drug-likeness (QED) is 0.326. The van der Waals surface area contributed by atoms with Gasteiger partial charge >= 0.3 is 0 Å². The van der Waals surface area contributed by atoms with Crippen molar-refractivity contribution < 1.29 is 0 Å². The van der Waals surface area contributed by atoms with Crippen molar-refractivity contribution in [3.8, 4) is 0 Å². The zero-order chi connectivity index (χ0) is 25.0. The summed E-state index contributed by atoms with van der Waals surface area (Å²) >= 11 is 0. The van der Waals surface area contributed by atoms with Gasteiger partial charge in [-0.3, -0.25) is 0 Å². The second kappa shape index (κ2) is 21.1. The van der Waals surface area contributed by atoms with Crippen LogP contribution < -0.4 is 0 Å². The van der Waals surface area contributed by atoms with E-state index in [1.807, 2.05) is 0 Å². The summed E-state index contributed by atoms with van der Waals surface area (Å²) in [6.07, 6.45) is 32.7. The Bertz CT molecular complexity index is 326. The van der Waals surface area contributed by atoms with E-state index >= 15 is 0 Å². The average Bonchev–Trinajstić information content (AvgIpc) is 3.59. The molecule has 6 rings (SSSR count). The first-order valence-corrected chi connectivity index (χ1v) is 16.4. The van der Waals surface area contributed by atoms with Crippen molar-refractivity contribution in [2.24, 2.45) is 35.5 Å². The smallest absolute Gasteiger partial charge is 0.0443 e. The molecule has 204 valence electrons. The second-order valence-electron chi connectivity index (χ2n) is 13.6. The Balaban J connectivity index is 0.000000204. The van der Waals surface area contributed by atoms with Gasteiger partial charge in [-0.05, 0) is 35.5 Å². The third-order valence-corrected chi connectivity index (χ3v) is 9.36. The molecule has 0 bridgehead atoms. The maximum Gasteiger partial charge on any atom is -0.0443 e. The fourth-order valence-corrected chi connectivity index (χ4v) is 5.74. The fraction of sp³-hybridized carbons (Fsp3) is 1.00. The van der Waals surface area contributed by atoms with Crippen LogP contribution in [0.3, 0.4) is 0 Å². The normalized spacial score (nSPS) is 25.6. The van der Waals surface area contributed by atoms with Crippen molar-refractivity contribution >= 4 is 0 Å². The van der Waals surface area contributed by atoms with Crippen LogP contribution in [0.1, 0.15) is 183 Å². The first-order valence-electron chi connectivity index (χ1n) is 16.4. The van der Waals surface area contributed by atoms with Gasteiger partial charge in [0, 0.05) is 0 Å². The Morgan fingerprint density at radius 3 is 0.353 bits per heavy atom. The minimum Gasteiger partial charge on any atom is -0.0625 e. The predicted octanol–water partition coefficient (Wildman–Crippen LogP) is 12.4. The van der Waals surface area contributed by atoms with E-state index in [1.165, 1.54) is 141 Å². The SMILES string of the molecule is CC1CCC1.CC1CCC1.CC1CCCC1.CC1CCCC1.CC1CCCC1.CC1CCCC1. The summed E-state index contributed by atoms with van der Waals surface area (Å²) in [4.78, 5) is 0. The van der Waals surface area contributed by atoms with Crippen molar-refractivity contribution in [3.63, 3.8) is 0 Å². The third kappa shape index (κ3) is 19.2. The van der Waals surface area contributed by atoms with Crippen LogP contribution in [0.15, 0.2) is 0 Å². The van der Waals surface area contributed by atoms with E-state index in [1.54, 1.807) is 0 Å². The summed E-state index contributed by atoms with van der Waals surface area (Å²) in [7, 11) is 0. The van der Waals surface area contributed by atoms with E-state index in [9.17, 15) is 0 Å². The summed E-state index contributed by atoms with van der Waals surface area (Å²) in [5.74, 6) is 6.31. The highest BCUT2D eigenvalue weighted by atomic mass is 14.2. The van der Waals surface area contributed by atoms with Crippen LogP contribution in [-0.2, 0) is 0 Å². The maximum absolute atomic E-state index is 2.34. The van der Waals surface area contributed by atoms with Crippen LogP contribution in [0.2, 0.25) is 0 Å². The molecule has 6 saturated carbocycles. The minimum atomic E-state index is 1.05. The maximum atomic E-state index is 2.34. The van der Waals surface area contributed by atoms with E-state index < -0.39 is 0 Å². The summed E-state index contributed by atoms with van der Waals surface area (Å²) in [6.45, 7) is 14.0. The molecule has 0 spiro atoms. The van der Waals surface area contributed by atoms with Crippen LogP contribution in [-0.4, -0.2) is 0 Å². The monoisotopic (exact) mass is 477 g/mol. The largest absolute Gasteiger partial charge is 0.0625 e. The molecular weight excluding hydrogens is 408 g/mol. The molecule has 0 aromatic rings. The summed E-state index contributed by atoms with van der Waals surface area (Å²) < 4.78 is 0. The molecule has 0 aliphatic heterocycles. The molecule has 6 aliphatic rings. The molecule has 0 heteroatoms. The van der Waals surface area contributed by atoms with Gasteiger partial charge in [0.05, 0.1) is 0 Å². The van der Waals surface area contributed by atoms with E-state index in [0.717, 1.165) is 35.5 Å². The lowest BCUT2D eigenvalue weighted by Crippen LogP contribution is -2.04. The second-order valence-corrected chi connectivity index (χ2v) is 13.6. The fourth-order valence-electron chi connectivity index (χ4n) is 5.74. The first-order chi connectivity index (χ1) is 16.4. The topological polar surface area (TPSA) is 0 Å². The standard InChI is InChI=1S/4C6H12.2C5H10/c4*1-6-4-2-3-5-6;2*1-5-3-2-4-5/h4*6H,2-5H2,1H3;2*5H,2-4H2,1H3. The van der Waals surface area contributed by atoms with Crippen molar-refractivity contribution in [2.75, 3.05) is 0 Å². The Kier molecular flexibility index (Phi) is 19.9. The number of hydrogen-bond donors (Lipinski definition) is 0. The summed E-state index contributed by atoms with van der Waals surface area (Å²) in [5, 5.41) is 0. The van der Waals surface area contributed by atoms with E-state index in [-0.39, 0.29) is 0 Å². The first kappa shape index (κ1) is 32.0. The lowest BCUT2D eigenvalue weighted by atomic mass is 9.88. The number of rotatable bonds is 0. The van der Waals surface area contributed by atoms with Crippen LogP contribution in [0.25, 0.3) is 0 Å². The molecule has 6 aliphatic carbocycles. The average molecular weight is 477 g/mol. The molecule has 0 amide bonds. The Morgan fingerprint density at radius 1 is 0.206 bits per heavy atom. The molecule has 0 heterocycles. The van der Waals surface area contributed by atoms with Crippen LogP contribution >= 0.6 is 0 Å². The molecule has 0 aromatic carbocycles. The predicted molar refractivity (Wildman–Crippen MR) is 157 cm³/mol. The lowest BCUT2D eigenvalue weighted by molar-refractivity contribution is 0.346. The zero-order valence-electron chi connectivity index (χ0n) is 25.0. The molecule has 34 heavy (non-hydrogen) atoms. The van der Waals surface area contributed by atoms with Crippen molar-refractivity contribution in [3.05, 3.63) is 0 Å². The van der Waals surface area contributed by atoms with Crippen LogP contribution in [0, 0.1) is 35.5 Å². The van der Waals surface area contributed by atoms with Crippen LogP contribution in [0.5, 0.6) is 0 Å². The molecule has 0 unspecified atom stereocenters. The molecule has 0 nitrogen and oxygen atoms in total. The number of hydrogen-bond acceptors (Lipinski definition) is 0. The van der Waals surface area contributed by atoms with Gasteiger partial charge in [-0.15, -0.1) is 0 Å². The van der Waals surface area contributed by atoms with Gasteiger partial charge in [0.2, 0.25) is 0 Å². The molecule has 0 atom stereocenters. The van der Waals surface area contributed by atoms with Crippen molar-refractivity contribution in [2.45, 2.75) is 183 Å². The van der Waals surface area contributed by atoms with Gasteiger partial charge in [0.15, 0.2) is 0 Å². The van der Waals surface area contributed by atoms with Gasteiger partial charge in [-0.1, -0.05) is 183 Å². The lowest BCUT2D eigenvalue weighted by Gasteiger charge is -2.18. The van der Waals surface area contributed by atoms with Crippen molar-refractivity contribution in [1.82, 2.24) is 0 Å². The highest BCUT2D eigenvalue weighted by Gasteiger charge is 2.10. The third-order valence-electron chi connectivity index (χ3n) is 9.36. The van der Waals surface area contributed by atoms with Gasteiger partial charge in [-0.25, -0.2) is 0 Å². The van der Waals surface area contributed by atoms with Gasteiger partial charge in [0.25, 0.3) is 0 Å². The van der Waals surface area contributed by atoms with E-state index in [2.05, 4.69) is 41.5 Å².